The van der Waals surface area contributed by atoms with Crippen LogP contribution in [0, 0.1) is 5.82 Å². The van der Waals surface area contributed by atoms with Crippen LogP contribution in [0.5, 0.6) is 0 Å². The average Bonchev–Trinajstić information content (AvgIpc) is 3.08. The average molecular weight is 490 g/mol. The van der Waals surface area contributed by atoms with Gasteiger partial charge in [0.05, 0.1) is 6.54 Å². The molecule has 144 valence electrons. The molecule has 2 rings (SSSR count). The molecule has 0 bridgehead atoms. The minimum atomic E-state index is -0.164. The monoisotopic (exact) mass is 490 g/mol. The van der Waals surface area contributed by atoms with Crippen molar-refractivity contribution < 1.29 is 4.39 Å². The lowest BCUT2D eigenvalue weighted by Gasteiger charge is -2.13. The van der Waals surface area contributed by atoms with Crippen molar-refractivity contribution >= 4 is 41.3 Å². The molecule has 2 aromatic rings. The Hall–Kier alpha value is -1.19. The summed E-state index contributed by atoms with van der Waals surface area (Å²) in [5.74, 6) is 0.625. The van der Waals surface area contributed by atoms with Crippen molar-refractivity contribution in [1.82, 2.24) is 15.5 Å². The minimum absolute atomic E-state index is 0. The number of nitrogens with zero attached hydrogens (tertiary/aromatic N) is 2. The van der Waals surface area contributed by atoms with Gasteiger partial charge in [0.15, 0.2) is 5.96 Å². The maximum atomic E-state index is 13.9. The van der Waals surface area contributed by atoms with Gasteiger partial charge in [-0.15, -0.1) is 35.3 Å². The summed E-state index contributed by atoms with van der Waals surface area (Å²) in [6, 6.07) is 9.43. The van der Waals surface area contributed by atoms with E-state index in [0.29, 0.717) is 18.7 Å². The van der Waals surface area contributed by atoms with E-state index in [1.807, 2.05) is 32.0 Å². The largest absolute Gasteiger partial charge is 0.357 e. The second kappa shape index (κ2) is 12.2. The Labute approximate surface area is 176 Å². The Morgan fingerprint density at radius 1 is 1.23 bits per heavy atom. The van der Waals surface area contributed by atoms with Crippen molar-refractivity contribution in [1.29, 1.82) is 0 Å². The fourth-order valence-corrected chi connectivity index (χ4v) is 3.17. The number of thiophene rings is 1. The molecule has 0 radical (unpaired) electrons. The molecule has 0 saturated carbocycles. The van der Waals surface area contributed by atoms with E-state index < -0.39 is 0 Å². The summed E-state index contributed by atoms with van der Waals surface area (Å²) in [6.45, 7) is 4.79. The van der Waals surface area contributed by atoms with Crippen LogP contribution in [-0.4, -0.2) is 38.0 Å². The smallest absolute Gasteiger partial charge is 0.191 e. The van der Waals surface area contributed by atoms with Crippen LogP contribution in [0.4, 0.5) is 4.39 Å². The van der Waals surface area contributed by atoms with Gasteiger partial charge in [-0.2, -0.15) is 0 Å². The van der Waals surface area contributed by atoms with Crippen molar-refractivity contribution in [2.75, 3.05) is 27.2 Å². The minimum Gasteiger partial charge on any atom is -0.357 e. The van der Waals surface area contributed by atoms with E-state index in [1.165, 1.54) is 10.9 Å². The molecule has 1 heterocycles. The summed E-state index contributed by atoms with van der Waals surface area (Å²) in [7, 11) is 3.87. The molecule has 0 aliphatic heterocycles. The molecule has 1 aromatic heterocycles. The third kappa shape index (κ3) is 8.01. The highest BCUT2D eigenvalue weighted by molar-refractivity contribution is 14.0. The van der Waals surface area contributed by atoms with E-state index in [2.05, 4.69) is 33.1 Å². The first-order chi connectivity index (χ1) is 12.1. The quantitative estimate of drug-likeness (QED) is 0.336. The molecule has 0 unspecified atom stereocenters. The van der Waals surface area contributed by atoms with E-state index in [0.717, 1.165) is 31.0 Å². The molecule has 7 heteroatoms. The molecule has 2 N–H and O–H groups in total. The van der Waals surface area contributed by atoms with E-state index >= 15 is 0 Å². The van der Waals surface area contributed by atoms with Gasteiger partial charge in [-0.25, -0.2) is 9.38 Å². The summed E-state index contributed by atoms with van der Waals surface area (Å²) in [4.78, 5) is 7.93. The lowest BCUT2D eigenvalue weighted by Crippen LogP contribution is -2.38. The number of halogens is 2. The van der Waals surface area contributed by atoms with Gasteiger partial charge in [0, 0.05) is 30.1 Å². The van der Waals surface area contributed by atoms with Crippen LogP contribution in [0.25, 0.3) is 0 Å². The molecule has 0 fully saturated rings. The third-order valence-electron chi connectivity index (χ3n) is 3.60. The van der Waals surface area contributed by atoms with Gasteiger partial charge in [0.2, 0.25) is 0 Å². The highest BCUT2D eigenvalue weighted by atomic mass is 127. The summed E-state index contributed by atoms with van der Waals surface area (Å²) >= 11 is 1.77. The molecular formula is C19H28FIN4S. The fraction of sp³-hybridized carbons (Fsp3) is 0.421. The number of guanidine groups is 1. The van der Waals surface area contributed by atoms with Crippen LogP contribution in [0.1, 0.15) is 22.9 Å². The van der Waals surface area contributed by atoms with E-state index in [4.69, 9.17) is 0 Å². The van der Waals surface area contributed by atoms with Crippen LogP contribution >= 0.6 is 35.3 Å². The second-order valence-corrected chi connectivity index (χ2v) is 7.15. The standard InChI is InChI=1S/C19H27FN4S.HI/c1-4-21-19(22-10-9-17-6-5-11-25-17)23-13-15-7-8-18(20)16(12-15)14-24(2)3;/h5-8,11-12H,4,9-10,13-14H2,1-3H3,(H2,21,22,23);1H. The number of aliphatic imine (C=N–C) groups is 1. The first-order valence-electron chi connectivity index (χ1n) is 8.55. The highest BCUT2D eigenvalue weighted by Gasteiger charge is 2.05. The SMILES string of the molecule is CCNC(=NCc1ccc(F)c(CN(C)C)c1)NCCc1cccs1.I. The molecule has 26 heavy (non-hydrogen) atoms. The Bertz CT molecular complexity index is 674. The highest BCUT2D eigenvalue weighted by Crippen LogP contribution is 2.13. The van der Waals surface area contributed by atoms with Gasteiger partial charge < -0.3 is 15.5 Å². The second-order valence-electron chi connectivity index (χ2n) is 6.11. The van der Waals surface area contributed by atoms with Crippen LogP contribution in [0.15, 0.2) is 40.7 Å². The van der Waals surface area contributed by atoms with Crippen molar-refractivity contribution in [2.24, 2.45) is 4.99 Å². The summed E-state index contributed by atoms with van der Waals surface area (Å²) in [5, 5.41) is 8.69. The van der Waals surface area contributed by atoms with Crippen molar-refractivity contribution in [3.63, 3.8) is 0 Å². The lowest BCUT2D eigenvalue weighted by molar-refractivity contribution is 0.392. The van der Waals surface area contributed by atoms with Crippen LogP contribution < -0.4 is 10.6 Å². The molecule has 1 aromatic carbocycles. The Morgan fingerprint density at radius 3 is 2.69 bits per heavy atom. The number of rotatable bonds is 8. The fourth-order valence-electron chi connectivity index (χ4n) is 2.46. The summed E-state index contributed by atoms with van der Waals surface area (Å²) in [6.07, 6.45) is 0.978. The van der Waals surface area contributed by atoms with Gasteiger partial charge in [-0.1, -0.05) is 12.1 Å². The first kappa shape index (κ1) is 22.9. The molecule has 0 aliphatic carbocycles. The van der Waals surface area contributed by atoms with E-state index in [-0.39, 0.29) is 29.8 Å². The molecule has 0 amide bonds. The van der Waals surface area contributed by atoms with Crippen LogP contribution in [0.3, 0.4) is 0 Å². The lowest BCUT2D eigenvalue weighted by atomic mass is 10.1. The molecule has 4 nitrogen and oxygen atoms in total. The van der Waals surface area contributed by atoms with E-state index in [1.54, 1.807) is 17.4 Å². The molecule has 0 saturated heterocycles. The molecule has 0 atom stereocenters. The summed E-state index contributed by atoms with van der Waals surface area (Å²) < 4.78 is 13.9. The zero-order valence-corrected chi connectivity index (χ0v) is 18.7. The maximum Gasteiger partial charge on any atom is 0.191 e. The molecular weight excluding hydrogens is 462 g/mol. The van der Waals surface area contributed by atoms with E-state index in [9.17, 15) is 4.39 Å². The molecule has 0 aliphatic rings. The summed E-state index contributed by atoms with van der Waals surface area (Å²) in [5.41, 5.74) is 1.71. The van der Waals surface area contributed by atoms with Crippen molar-refractivity contribution in [3.05, 3.63) is 57.5 Å². The maximum absolute atomic E-state index is 13.9. The Kier molecular flexibility index (Phi) is 10.8. The number of benzene rings is 1. The van der Waals surface area contributed by atoms with Gasteiger partial charge in [-0.3, -0.25) is 0 Å². The van der Waals surface area contributed by atoms with Crippen molar-refractivity contribution in [3.8, 4) is 0 Å². The number of nitrogens with one attached hydrogen (secondary N) is 2. The Balaban J connectivity index is 0.00000338. The first-order valence-corrected chi connectivity index (χ1v) is 9.43. The van der Waals surface area contributed by atoms with Crippen LogP contribution in [-0.2, 0) is 19.5 Å². The number of hydrogen-bond donors (Lipinski definition) is 2. The molecule has 0 spiro atoms. The third-order valence-corrected chi connectivity index (χ3v) is 4.54. The van der Waals surface area contributed by atoms with Crippen molar-refractivity contribution in [2.45, 2.75) is 26.4 Å². The normalized spacial score (nSPS) is 11.3. The van der Waals surface area contributed by atoms with Gasteiger partial charge in [0.1, 0.15) is 5.82 Å². The Morgan fingerprint density at radius 2 is 2.04 bits per heavy atom. The predicted octanol–water partition coefficient (Wildman–Crippen LogP) is 3.86. The van der Waals surface area contributed by atoms with Gasteiger partial charge in [-0.05, 0) is 56.6 Å². The van der Waals surface area contributed by atoms with Gasteiger partial charge >= 0.3 is 0 Å². The van der Waals surface area contributed by atoms with Crippen LogP contribution in [0.2, 0.25) is 0 Å². The zero-order chi connectivity index (χ0) is 18.1. The van der Waals surface area contributed by atoms with Gasteiger partial charge in [0.25, 0.3) is 0 Å². The number of hydrogen-bond acceptors (Lipinski definition) is 3. The topological polar surface area (TPSA) is 39.7 Å². The zero-order valence-electron chi connectivity index (χ0n) is 15.6. The predicted molar refractivity (Wildman–Crippen MR) is 120 cm³/mol.